The molecule has 0 saturated heterocycles. The number of nitrogens with one attached hydrogen (secondary N) is 3. The number of guanidine groups is 1. The number of aliphatic carboxylic acids is 2. The number of thiol groups is 1. The number of rotatable bonds is 17. The molecule has 0 aromatic carbocycles. The van der Waals surface area contributed by atoms with Crippen molar-refractivity contribution in [3.8, 4) is 0 Å². The third kappa shape index (κ3) is 13.6. The van der Waals surface area contributed by atoms with Gasteiger partial charge in [0.05, 0.1) is 12.5 Å². The Morgan fingerprint density at radius 1 is 0.829 bits per heavy atom. The molecule has 4 atom stereocenters. The fourth-order valence-electron chi connectivity index (χ4n) is 2.62. The highest BCUT2D eigenvalue weighted by molar-refractivity contribution is 7.80. The maximum absolute atomic E-state index is 12.7. The fraction of sp³-hybridized carbons (Fsp3) is 0.611. The van der Waals surface area contributed by atoms with E-state index in [9.17, 15) is 33.9 Å². The number of carboxylic acid groups (broad SMARTS) is 2. The number of amides is 4. The number of carboxylic acids is 2. The van der Waals surface area contributed by atoms with Gasteiger partial charge in [0.25, 0.3) is 0 Å². The van der Waals surface area contributed by atoms with Gasteiger partial charge >= 0.3 is 11.9 Å². The highest BCUT2D eigenvalue weighted by atomic mass is 32.1. The molecule has 0 aliphatic rings. The first-order valence-corrected chi connectivity index (χ1v) is 11.0. The molecule has 0 spiro atoms. The van der Waals surface area contributed by atoms with E-state index in [0.717, 1.165) is 0 Å². The van der Waals surface area contributed by atoms with Crippen molar-refractivity contribution < 1.29 is 39.0 Å². The van der Waals surface area contributed by atoms with Crippen LogP contribution < -0.4 is 38.9 Å². The molecular weight excluding hydrogens is 488 g/mol. The van der Waals surface area contributed by atoms with Crippen molar-refractivity contribution >= 4 is 54.2 Å². The lowest BCUT2D eigenvalue weighted by Gasteiger charge is -2.24. The topological polar surface area (TPSA) is 295 Å². The second kappa shape index (κ2) is 16.1. The predicted molar refractivity (Wildman–Crippen MR) is 126 cm³/mol. The van der Waals surface area contributed by atoms with Crippen LogP contribution >= 0.6 is 12.6 Å². The van der Waals surface area contributed by atoms with Crippen molar-refractivity contribution in [3.05, 3.63) is 0 Å². The molecule has 0 saturated carbocycles. The van der Waals surface area contributed by atoms with Crippen LogP contribution in [0.5, 0.6) is 0 Å². The summed E-state index contributed by atoms with van der Waals surface area (Å²) >= 11 is 3.99. The van der Waals surface area contributed by atoms with Crippen LogP contribution in [0.3, 0.4) is 0 Å². The number of carbonyl (C=O) groups excluding carboxylic acids is 4. The molecule has 4 unspecified atom stereocenters. The molecule has 0 aromatic rings. The molecule has 4 amide bonds. The average Bonchev–Trinajstić information content (AvgIpc) is 2.75. The maximum Gasteiger partial charge on any atom is 0.326 e. The first-order chi connectivity index (χ1) is 16.3. The maximum atomic E-state index is 12.7. The van der Waals surface area contributed by atoms with Gasteiger partial charge in [-0.3, -0.25) is 29.0 Å². The molecule has 13 N–H and O–H groups in total. The van der Waals surface area contributed by atoms with Crippen LogP contribution in [0, 0.1) is 0 Å². The van der Waals surface area contributed by atoms with E-state index in [0.29, 0.717) is 0 Å². The number of nitrogens with zero attached hydrogens (tertiary/aromatic N) is 1. The fourth-order valence-corrected chi connectivity index (χ4v) is 2.88. The van der Waals surface area contributed by atoms with Crippen molar-refractivity contribution in [3.63, 3.8) is 0 Å². The third-order valence-corrected chi connectivity index (χ3v) is 4.78. The van der Waals surface area contributed by atoms with Gasteiger partial charge in [-0.25, -0.2) is 4.79 Å². The molecule has 0 rings (SSSR count). The predicted octanol–water partition coefficient (Wildman–Crippen LogP) is -4.42. The van der Waals surface area contributed by atoms with Gasteiger partial charge in [0.1, 0.15) is 18.1 Å². The second-order valence-electron chi connectivity index (χ2n) is 7.36. The van der Waals surface area contributed by atoms with Crippen LogP contribution in [0.25, 0.3) is 0 Å². The van der Waals surface area contributed by atoms with Gasteiger partial charge in [-0.15, -0.1) is 0 Å². The zero-order chi connectivity index (χ0) is 27.1. The van der Waals surface area contributed by atoms with Crippen LogP contribution in [0.2, 0.25) is 0 Å². The first kappa shape index (κ1) is 31.4. The average molecular weight is 521 g/mol. The third-order valence-electron chi connectivity index (χ3n) is 4.41. The van der Waals surface area contributed by atoms with Crippen LogP contribution in [-0.4, -0.2) is 88.2 Å². The Hall–Kier alpha value is -3.60. The molecule has 198 valence electrons. The van der Waals surface area contributed by atoms with E-state index in [2.05, 4.69) is 33.6 Å². The van der Waals surface area contributed by atoms with Crippen LogP contribution in [0.1, 0.15) is 32.1 Å². The Kier molecular flexibility index (Phi) is 14.4. The van der Waals surface area contributed by atoms with Crippen molar-refractivity contribution in [2.24, 2.45) is 27.9 Å². The van der Waals surface area contributed by atoms with E-state index < -0.39 is 79.0 Å². The van der Waals surface area contributed by atoms with Gasteiger partial charge in [0, 0.05) is 18.7 Å². The van der Waals surface area contributed by atoms with E-state index in [1.54, 1.807) is 0 Å². The van der Waals surface area contributed by atoms with E-state index in [1.807, 2.05) is 0 Å². The zero-order valence-corrected chi connectivity index (χ0v) is 19.7. The Bertz CT molecular complexity index is 820. The highest BCUT2D eigenvalue weighted by Gasteiger charge is 2.30. The largest absolute Gasteiger partial charge is 0.481 e. The van der Waals surface area contributed by atoms with E-state index in [4.69, 9.17) is 28.0 Å². The van der Waals surface area contributed by atoms with Gasteiger partial charge in [-0.2, -0.15) is 12.6 Å². The van der Waals surface area contributed by atoms with E-state index >= 15 is 0 Å². The molecule has 0 radical (unpaired) electrons. The van der Waals surface area contributed by atoms with Crippen molar-refractivity contribution in [2.75, 3.05) is 12.3 Å². The molecule has 16 nitrogen and oxygen atoms in total. The summed E-state index contributed by atoms with van der Waals surface area (Å²) in [7, 11) is 0. The molecule has 0 aliphatic heterocycles. The van der Waals surface area contributed by atoms with Gasteiger partial charge in [-0.1, -0.05) is 0 Å². The first-order valence-electron chi connectivity index (χ1n) is 10.3. The molecule has 0 fully saturated rings. The standard InChI is InChI=1S/C18H32N8O8S/c19-8(6-12(20)27)14(30)26-11(7-35)16(32)24-9(2-1-5-23-18(21)22)15(31)25-10(17(33)34)3-4-13(28)29/h8-11,35H,1-7,19H2,(H2,20,27)(H,24,32)(H,25,31)(H,26,30)(H,28,29)(H,33,34)(H4,21,22,23). The van der Waals surface area contributed by atoms with E-state index in [-0.39, 0.29) is 31.1 Å². The van der Waals surface area contributed by atoms with Crippen LogP contribution in [0.4, 0.5) is 0 Å². The van der Waals surface area contributed by atoms with Crippen molar-refractivity contribution in [2.45, 2.75) is 56.3 Å². The summed E-state index contributed by atoms with van der Waals surface area (Å²) < 4.78 is 0. The lowest BCUT2D eigenvalue weighted by molar-refractivity contribution is -0.143. The minimum atomic E-state index is -1.53. The van der Waals surface area contributed by atoms with Gasteiger partial charge in [0.15, 0.2) is 5.96 Å². The van der Waals surface area contributed by atoms with Crippen molar-refractivity contribution in [1.29, 1.82) is 0 Å². The molecule has 0 bridgehead atoms. The van der Waals surface area contributed by atoms with Gasteiger partial charge in [-0.05, 0) is 19.3 Å². The molecule has 35 heavy (non-hydrogen) atoms. The zero-order valence-electron chi connectivity index (χ0n) is 18.8. The Labute approximate surface area is 206 Å². The number of carbonyl (C=O) groups is 6. The summed E-state index contributed by atoms with van der Waals surface area (Å²) in [6.07, 6.45) is -1.20. The quantitative estimate of drug-likeness (QED) is 0.0377. The normalized spacial score (nSPS) is 13.9. The minimum Gasteiger partial charge on any atom is -0.481 e. The molecule has 0 aliphatic carbocycles. The number of primary amides is 1. The monoisotopic (exact) mass is 520 g/mol. The SMILES string of the molecule is NC(=O)CC(N)C(=O)NC(CS)C(=O)NC(CCCN=C(N)N)C(=O)NC(CCC(=O)O)C(=O)O. The Morgan fingerprint density at radius 3 is 1.86 bits per heavy atom. The summed E-state index contributed by atoms with van der Waals surface area (Å²) in [6.45, 7) is 0.0953. The van der Waals surface area contributed by atoms with Crippen LogP contribution in [0.15, 0.2) is 4.99 Å². The summed E-state index contributed by atoms with van der Waals surface area (Å²) in [5.41, 5.74) is 21.0. The summed E-state index contributed by atoms with van der Waals surface area (Å²) in [6, 6.07) is -5.39. The van der Waals surface area contributed by atoms with Crippen molar-refractivity contribution in [1.82, 2.24) is 16.0 Å². The number of hydrogen-bond donors (Lipinski definition) is 10. The highest BCUT2D eigenvalue weighted by Crippen LogP contribution is 2.04. The molecular formula is C18H32N8O8S. The molecule has 0 heterocycles. The Balaban J connectivity index is 5.44. The smallest absolute Gasteiger partial charge is 0.326 e. The minimum absolute atomic E-state index is 0.0337. The van der Waals surface area contributed by atoms with E-state index in [1.165, 1.54) is 0 Å². The number of hydrogen-bond acceptors (Lipinski definition) is 9. The molecule has 17 heteroatoms. The number of nitrogens with two attached hydrogens (primary N) is 4. The van der Waals surface area contributed by atoms with Crippen LogP contribution in [-0.2, 0) is 28.8 Å². The molecule has 0 aromatic heterocycles. The van der Waals surface area contributed by atoms with Gasteiger partial charge in [0.2, 0.25) is 23.6 Å². The lowest BCUT2D eigenvalue weighted by Crippen LogP contribution is -2.57. The summed E-state index contributed by atoms with van der Waals surface area (Å²) in [5, 5.41) is 24.9. The Morgan fingerprint density at radius 2 is 1.37 bits per heavy atom. The summed E-state index contributed by atoms with van der Waals surface area (Å²) in [4.78, 5) is 74.4. The lowest BCUT2D eigenvalue weighted by atomic mass is 10.1. The van der Waals surface area contributed by atoms with Gasteiger partial charge < -0.3 is 49.1 Å². The second-order valence-corrected chi connectivity index (χ2v) is 7.73. The summed E-state index contributed by atoms with van der Waals surface area (Å²) in [5.74, 6) is -6.56. The number of aliphatic imine (C=N–C) groups is 1.